The molecule has 2 rings (SSSR count). The van der Waals surface area contributed by atoms with E-state index in [0.29, 0.717) is 6.10 Å². The van der Waals surface area contributed by atoms with Gasteiger partial charge in [0.2, 0.25) is 0 Å². The second kappa shape index (κ2) is 2.61. The van der Waals surface area contributed by atoms with Crippen molar-refractivity contribution in [2.24, 2.45) is 0 Å². The van der Waals surface area contributed by atoms with E-state index in [1.54, 1.807) is 0 Å². The first-order chi connectivity index (χ1) is 5.27. The second-order valence-electron chi connectivity index (χ2n) is 2.83. The number of ether oxygens (including phenoxy) is 1. The van der Waals surface area contributed by atoms with Crippen molar-refractivity contribution < 1.29 is 4.74 Å². The van der Waals surface area contributed by atoms with Crippen LogP contribution >= 0.6 is 15.9 Å². The fourth-order valence-electron chi connectivity index (χ4n) is 1.11. The molecule has 0 aromatic heterocycles. The molecule has 0 aliphatic carbocycles. The normalized spacial score (nSPS) is 21.8. The van der Waals surface area contributed by atoms with Crippen molar-refractivity contribution in [2.45, 2.75) is 13.0 Å². The maximum atomic E-state index is 5.17. The lowest BCUT2D eigenvalue weighted by molar-refractivity contribution is 0.415. The molecule has 1 fully saturated rings. The van der Waals surface area contributed by atoms with Crippen molar-refractivity contribution >= 4 is 15.9 Å². The second-order valence-corrected chi connectivity index (χ2v) is 3.68. The highest BCUT2D eigenvalue weighted by atomic mass is 79.9. The van der Waals surface area contributed by atoms with E-state index in [1.807, 2.05) is 0 Å². The molecule has 1 aliphatic heterocycles. The van der Waals surface area contributed by atoms with E-state index < -0.39 is 0 Å². The Balaban J connectivity index is 2.36. The zero-order valence-electron chi connectivity index (χ0n) is 6.30. The third-order valence-electron chi connectivity index (χ3n) is 1.89. The molecular formula is C9H9BrO. The molecule has 1 atom stereocenters. The highest BCUT2D eigenvalue weighted by molar-refractivity contribution is 9.10. The van der Waals surface area contributed by atoms with Crippen molar-refractivity contribution in [1.82, 2.24) is 0 Å². The minimum absolute atomic E-state index is 0.377. The number of hydrogen-bond acceptors (Lipinski definition) is 1. The summed E-state index contributed by atoms with van der Waals surface area (Å²) in [5, 5.41) is 0. The van der Waals surface area contributed by atoms with Crippen molar-refractivity contribution in [2.75, 3.05) is 6.61 Å². The Morgan fingerprint density at radius 1 is 1.55 bits per heavy atom. The van der Waals surface area contributed by atoms with Crippen LogP contribution in [0.3, 0.4) is 0 Å². The number of benzene rings is 1. The van der Waals surface area contributed by atoms with Crippen LogP contribution < -0.4 is 0 Å². The summed E-state index contributed by atoms with van der Waals surface area (Å²) in [5.41, 5.74) is 2.57. The summed E-state index contributed by atoms with van der Waals surface area (Å²) < 4.78 is 6.34. The molecule has 2 heteroatoms. The summed E-state index contributed by atoms with van der Waals surface area (Å²) in [6, 6.07) is 6.35. The van der Waals surface area contributed by atoms with Crippen LogP contribution in [0.2, 0.25) is 0 Å². The largest absolute Gasteiger partial charge is 0.368 e. The van der Waals surface area contributed by atoms with Gasteiger partial charge in [-0.25, -0.2) is 0 Å². The Labute approximate surface area is 74.5 Å². The van der Waals surface area contributed by atoms with Crippen molar-refractivity contribution in [1.29, 1.82) is 0 Å². The molecule has 0 saturated carbocycles. The molecule has 1 aromatic rings. The van der Waals surface area contributed by atoms with Gasteiger partial charge in [-0.2, -0.15) is 0 Å². The van der Waals surface area contributed by atoms with E-state index in [1.165, 1.54) is 15.6 Å². The molecule has 0 radical (unpaired) electrons. The Morgan fingerprint density at radius 3 is 2.82 bits per heavy atom. The van der Waals surface area contributed by atoms with Gasteiger partial charge in [0.05, 0.1) is 6.61 Å². The molecule has 1 nitrogen and oxygen atoms in total. The Kier molecular flexibility index (Phi) is 1.74. The van der Waals surface area contributed by atoms with E-state index >= 15 is 0 Å². The van der Waals surface area contributed by atoms with Gasteiger partial charge in [-0.1, -0.05) is 28.1 Å². The van der Waals surface area contributed by atoms with Gasteiger partial charge in [0.1, 0.15) is 6.10 Å². The molecule has 1 unspecified atom stereocenters. The quantitative estimate of drug-likeness (QED) is 0.653. The Bertz CT molecular complexity index is 279. The summed E-state index contributed by atoms with van der Waals surface area (Å²) in [5.74, 6) is 0. The number of aryl methyl sites for hydroxylation is 1. The van der Waals surface area contributed by atoms with Crippen LogP contribution in [0.4, 0.5) is 0 Å². The van der Waals surface area contributed by atoms with Gasteiger partial charge in [-0.3, -0.25) is 0 Å². The van der Waals surface area contributed by atoms with Gasteiger partial charge in [0.25, 0.3) is 0 Å². The highest BCUT2D eigenvalue weighted by Gasteiger charge is 2.24. The van der Waals surface area contributed by atoms with Gasteiger partial charge in [0.15, 0.2) is 0 Å². The van der Waals surface area contributed by atoms with Crippen molar-refractivity contribution in [3.63, 3.8) is 0 Å². The van der Waals surface area contributed by atoms with E-state index in [0.717, 1.165) is 6.61 Å². The molecule has 0 bridgehead atoms. The zero-order chi connectivity index (χ0) is 7.84. The van der Waals surface area contributed by atoms with E-state index in [-0.39, 0.29) is 0 Å². The van der Waals surface area contributed by atoms with Crippen molar-refractivity contribution in [3.05, 3.63) is 33.8 Å². The first-order valence-electron chi connectivity index (χ1n) is 3.65. The fraction of sp³-hybridized carbons (Fsp3) is 0.333. The lowest BCUT2D eigenvalue weighted by Crippen LogP contribution is -1.82. The number of hydrogen-bond donors (Lipinski definition) is 0. The molecule has 11 heavy (non-hydrogen) atoms. The zero-order valence-corrected chi connectivity index (χ0v) is 7.89. The van der Waals surface area contributed by atoms with Crippen LogP contribution in [-0.4, -0.2) is 6.61 Å². The van der Waals surface area contributed by atoms with Gasteiger partial charge < -0.3 is 4.74 Å². The van der Waals surface area contributed by atoms with Gasteiger partial charge >= 0.3 is 0 Å². The number of epoxide rings is 1. The smallest absolute Gasteiger partial charge is 0.106 e. The highest BCUT2D eigenvalue weighted by Crippen LogP contribution is 2.31. The Hall–Kier alpha value is -0.340. The summed E-state index contributed by atoms with van der Waals surface area (Å²) in [4.78, 5) is 0. The molecule has 1 aliphatic rings. The minimum Gasteiger partial charge on any atom is -0.368 e. The predicted octanol–water partition coefficient (Wildman–Crippen LogP) is 2.83. The standard InChI is InChI=1S/C9H9BrO/c1-6-4-7(9-5-11-9)2-3-8(6)10/h2-4,9H,5H2,1H3. The fourth-order valence-corrected chi connectivity index (χ4v) is 1.36. The minimum atomic E-state index is 0.377. The van der Waals surface area contributed by atoms with E-state index in [4.69, 9.17) is 4.74 Å². The average Bonchev–Trinajstić information content (AvgIpc) is 2.77. The summed E-state index contributed by atoms with van der Waals surface area (Å²) >= 11 is 3.46. The lowest BCUT2D eigenvalue weighted by atomic mass is 10.1. The molecule has 1 aromatic carbocycles. The van der Waals surface area contributed by atoms with Crippen LogP contribution in [0.1, 0.15) is 17.2 Å². The first kappa shape index (κ1) is 7.32. The van der Waals surface area contributed by atoms with Gasteiger partial charge in [-0.15, -0.1) is 0 Å². The number of rotatable bonds is 1. The van der Waals surface area contributed by atoms with Crippen LogP contribution in [0.5, 0.6) is 0 Å². The maximum absolute atomic E-state index is 5.17. The first-order valence-corrected chi connectivity index (χ1v) is 4.44. The topological polar surface area (TPSA) is 12.5 Å². The van der Waals surface area contributed by atoms with Crippen LogP contribution in [0, 0.1) is 6.92 Å². The molecule has 1 heterocycles. The molecule has 58 valence electrons. The molecule has 0 N–H and O–H groups in total. The third-order valence-corrected chi connectivity index (χ3v) is 2.78. The van der Waals surface area contributed by atoms with Crippen molar-refractivity contribution in [3.8, 4) is 0 Å². The monoisotopic (exact) mass is 212 g/mol. The predicted molar refractivity (Wildman–Crippen MR) is 47.6 cm³/mol. The number of halogens is 1. The molecule has 0 amide bonds. The van der Waals surface area contributed by atoms with Crippen LogP contribution in [0.25, 0.3) is 0 Å². The lowest BCUT2D eigenvalue weighted by Gasteiger charge is -1.99. The summed E-state index contributed by atoms with van der Waals surface area (Å²) in [6.07, 6.45) is 0.377. The summed E-state index contributed by atoms with van der Waals surface area (Å²) in [6.45, 7) is 2.98. The molecule has 0 spiro atoms. The third kappa shape index (κ3) is 1.47. The Morgan fingerprint density at radius 2 is 2.27 bits per heavy atom. The van der Waals surface area contributed by atoms with Gasteiger partial charge in [-0.05, 0) is 24.1 Å². The van der Waals surface area contributed by atoms with E-state index in [2.05, 4.69) is 41.1 Å². The summed E-state index contributed by atoms with van der Waals surface area (Å²) in [7, 11) is 0. The van der Waals surface area contributed by atoms with Gasteiger partial charge in [0, 0.05) is 4.47 Å². The van der Waals surface area contributed by atoms with Crippen LogP contribution in [-0.2, 0) is 4.74 Å². The average molecular weight is 213 g/mol. The van der Waals surface area contributed by atoms with E-state index in [9.17, 15) is 0 Å². The SMILES string of the molecule is Cc1cc(C2CO2)ccc1Br. The molecule has 1 saturated heterocycles. The van der Waals surface area contributed by atoms with Crippen LogP contribution in [0.15, 0.2) is 22.7 Å². The molecular weight excluding hydrogens is 204 g/mol. The maximum Gasteiger partial charge on any atom is 0.106 e.